The van der Waals surface area contributed by atoms with Gasteiger partial charge in [0, 0.05) is 12.3 Å². The van der Waals surface area contributed by atoms with Gasteiger partial charge in [0.2, 0.25) is 0 Å². The summed E-state index contributed by atoms with van der Waals surface area (Å²) in [5.74, 6) is 0.611. The van der Waals surface area contributed by atoms with Crippen LogP contribution in [0.25, 0.3) is 0 Å². The van der Waals surface area contributed by atoms with E-state index in [1.807, 2.05) is 12.1 Å². The van der Waals surface area contributed by atoms with Gasteiger partial charge in [-0.05, 0) is 17.7 Å². The van der Waals surface area contributed by atoms with Crippen LogP contribution >= 0.6 is 11.6 Å². The Bertz CT molecular complexity index is 563. The predicted molar refractivity (Wildman–Crippen MR) is 64.7 cm³/mol. The average molecular weight is 245 g/mol. The lowest BCUT2D eigenvalue weighted by Gasteiger charge is -2.06. The third-order valence-electron chi connectivity index (χ3n) is 2.14. The summed E-state index contributed by atoms with van der Waals surface area (Å²) in [6.07, 6.45) is 3.14. The van der Waals surface area contributed by atoms with E-state index in [9.17, 15) is 0 Å². The van der Waals surface area contributed by atoms with E-state index in [-0.39, 0.29) is 0 Å². The third kappa shape index (κ3) is 3.20. The fourth-order valence-electron chi connectivity index (χ4n) is 1.37. The van der Waals surface area contributed by atoms with Gasteiger partial charge in [-0.3, -0.25) is 4.98 Å². The molecule has 0 aliphatic rings. The molecule has 0 aliphatic heterocycles. The number of pyridine rings is 1. The minimum atomic E-state index is 0.386. The minimum absolute atomic E-state index is 0.386. The lowest BCUT2D eigenvalue weighted by Crippen LogP contribution is -1.96. The summed E-state index contributed by atoms with van der Waals surface area (Å²) >= 11 is 5.79. The maximum absolute atomic E-state index is 8.77. The summed E-state index contributed by atoms with van der Waals surface area (Å²) in [7, 11) is 0. The minimum Gasteiger partial charge on any atom is -0.487 e. The molecular weight excluding hydrogens is 236 g/mol. The van der Waals surface area contributed by atoms with Crippen molar-refractivity contribution in [2.45, 2.75) is 6.61 Å². The standard InChI is InChI=1S/C13H9ClN2O/c14-12-5-13(8-16-7-12)17-9-11-3-1-2-10(4-11)6-15/h1-5,7-8H,9H2. The Morgan fingerprint density at radius 2 is 2.18 bits per heavy atom. The Kier molecular flexibility index (Phi) is 3.59. The van der Waals surface area contributed by atoms with Crippen molar-refractivity contribution >= 4 is 11.6 Å². The van der Waals surface area contributed by atoms with Crippen LogP contribution in [0.15, 0.2) is 42.7 Å². The highest BCUT2D eigenvalue weighted by Gasteiger charge is 1.98. The van der Waals surface area contributed by atoms with Crippen molar-refractivity contribution in [3.8, 4) is 11.8 Å². The van der Waals surface area contributed by atoms with E-state index in [1.165, 1.54) is 0 Å². The smallest absolute Gasteiger partial charge is 0.139 e. The van der Waals surface area contributed by atoms with Crippen LogP contribution in [0, 0.1) is 11.3 Å². The maximum atomic E-state index is 8.77. The SMILES string of the molecule is N#Cc1cccc(COc2cncc(Cl)c2)c1. The molecular formula is C13H9ClN2O. The van der Waals surface area contributed by atoms with E-state index < -0.39 is 0 Å². The molecule has 0 spiro atoms. The molecule has 17 heavy (non-hydrogen) atoms. The van der Waals surface area contributed by atoms with Crippen LogP contribution in [0.1, 0.15) is 11.1 Å². The van der Waals surface area contributed by atoms with Gasteiger partial charge in [-0.15, -0.1) is 0 Å². The zero-order valence-corrected chi connectivity index (χ0v) is 9.69. The fraction of sp³-hybridized carbons (Fsp3) is 0.0769. The quantitative estimate of drug-likeness (QED) is 0.833. The predicted octanol–water partition coefficient (Wildman–Crippen LogP) is 3.19. The Hall–Kier alpha value is -2.05. The van der Waals surface area contributed by atoms with Crippen LogP contribution in [0.2, 0.25) is 5.02 Å². The van der Waals surface area contributed by atoms with E-state index in [0.717, 1.165) is 5.56 Å². The van der Waals surface area contributed by atoms with E-state index in [2.05, 4.69) is 11.1 Å². The number of rotatable bonds is 3. The third-order valence-corrected chi connectivity index (χ3v) is 2.35. The second-order valence-electron chi connectivity index (χ2n) is 3.44. The van der Waals surface area contributed by atoms with Crippen molar-refractivity contribution < 1.29 is 4.74 Å². The molecule has 4 heteroatoms. The first-order chi connectivity index (χ1) is 8.28. The molecule has 1 aromatic carbocycles. The highest BCUT2D eigenvalue weighted by Crippen LogP contribution is 2.16. The zero-order valence-electron chi connectivity index (χ0n) is 8.93. The Morgan fingerprint density at radius 3 is 2.94 bits per heavy atom. The van der Waals surface area contributed by atoms with Crippen LogP contribution in [0.4, 0.5) is 0 Å². The summed E-state index contributed by atoms with van der Waals surface area (Å²) in [6, 6.07) is 11.1. The van der Waals surface area contributed by atoms with Crippen LogP contribution in [-0.2, 0) is 6.61 Å². The van der Waals surface area contributed by atoms with Crippen molar-refractivity contribution in [3.63, 3.8) is 0 Å². The molecule has 2 rings (SSSR count). The molecule has 84 valence electrons. The lowest BCUT2D eigenvalue weighted by molar-refractivity contribution is 0.305. The number of aromatic nitrogens is 1. The Labute approximate surface area is 104 Å². The zero-order chi connectivity index (χ0) is 12.1. The van der Waals surface area contributed by atoms with E-state index in [1.54, 1.807) is 30.6 Å². The van der Waals surface area contributed by atoms with Crippen molar-refractivity contribution in [2.24, 2.45) is 0 Å². The Morgan fingerprint density at radius 1 is 1.29 bits per heavy atom. The molecule has 0 fully saturated rings. The molecule has 2 aromatic rings. The number of nitrogens with zero attached hydrogens (tertiary/aromatic N) is 2. The molecule has 0 radical (unpaired) electrons. The molecule has 0 atom stereocenters. The molecule has 0 N–H and O–H groups in total. The van der Waals surface area contributed by atoms with Crippen molar-refractivity contribution in [2.75, 3.05) is 0 Å². The second-order valence-corrected chi connectivity index (χ2v) is 3.88. The van der Waals surface area contributed by atoms with Crippen LogP contribution in [-0.4, -0.2) is 4.98 Å². The van der Waals surface area contributed by atoms with Crippen molar-refractivity contribution in [1.82, 2.24) is 4.98 Å². The first kappa shape index (κ1) is 11.4. The largest absolute Gasteiger partial charge is 0.487 e. The van der Waals surface area contributed by atoms with E-state index in [0.29, 0.717) is 22.9 Å². The summed E-state index contributed by atoms with van der Waals surface area (Å²) in [5, 5.41) is 9.30. The summed E-state index contributed by atoms with van der Waals surface area (Å²) in [4.78, 5) is 3.92. The number of nitriles is 1. The van der Waals surface area contributed by atoms with Gasteiger partial charge in [0.25, 0.3) is 0 Å². The highest BCUT2D eigenvalue weighted by molar-refractivity contribution is 6.30. The lowest BCUT2D eigenvalue weighted by atomic mass is 10.1. The highest BCUT2D eigenvalue weighted by atomic mass is 35.5. The summed E-state index contributed by atoms with van der Waals surface area (Å²) in [5.41, 5.74) is 1.55. The first-order valence-electron chi connectivity index (χ1n) is 5.00. The molecule has 0 unspecified atom stereocenters. The van der Waals surface area contributed by atoms with Gasteiger partial charge in [0.1, 0.15) is 12.4 Å². The number of hydrogen-bond donors (Lipinski definition) is 0. The summed E-state index contributed by atoms with van der Waals surface area (Å²) < 4.78 is 5.52. The monoisotopic (exact) mass is 244 g/mol. The van der Waals surface area contributed by atoms with Gasteiger partial charge in [-0.1, -0.05) is 23.7 Å². The molecule has 1 aromatic heterocycles. The molecule has 0 amide bonds. The normalized spacial score (nSPS) is 9.65. The molecule has 1 heterocycles. The fourth-order valence-corrected chi connectivity index (χ4v) is 1.53. The van der Waals surface area contributed by atoms with Crippen LogP contribution < -0.4 is 4.74 Å². The van der Waals surface area contributed by atoms with Crippen molar-refractivity contribution in [1.29, 1.82) is 5.26 Å². The van der Waals surface area contributed by atoms with E-state index in [4.69, 9.17) is 21.6 Å². The average Bonchev–Trinajstić information content (AvgIpc) is 2.37. The molecule has 0 saturated carbocycles. The molecule has 0 bridgehead atoms. The van der Waals surface area contributed by atoms with Gasteiger partial charge in [0.05, 0.1) is 22.9 Å². The molecule has 3 nitrogen and oxygen atoms in total. The number of halogens is 1. The topological polar surface area (TPSA) is 45.9 Å². The first-order valence-corrected chi connectivity index (χ1v) is 5.38. The second kappa shape index (κ2) is 5.33. The van der Waals surface area contributed by atoms with Crippen LogP contribution in [0.5, 0.6) is 5.75 Å². The van der Waals surface area contributed by atoms with Crippen LogP contribution in [0.3, 0.4) is 0 Å². The number of benzene rings is 1. The Balaban J connectivity index is 2.05. The number of ether oxygens (including phenoxy) is 1. The van der Waals surface area contributed by atoms with E-state index >= 15 is 0 Å². The number of hydrogen-bond acceptors (Lipinski definition) is 3. The van der Waals surface area contributed by atoms with Gasteiger partial charge in [-0.2, -0.15) is 5.26 Å². The van der Waals surface area contributed by atoms with Gasteiger partial charge in [0.15, 0.2) is 0 Å². The van der Waals surface area contributed by atoms with Crippen molar-refractivity contribution in [3.05, 3.63) is 58.9 Å². The molecule has 0 saturated heterocycles. The maximum Gasteiger partial charge on any atom is 0.139 e. The van der Waals surface area contributed by atoms with Gasteiger partial charge in [-0.25, -0.2) is 0 Å². The summed E-state index contributed by atoms with van der Waals surface area (Å²) in [6.45, 7) is 0.386. The van der Waals surface area contributed by atoms with Gasteiger partial charge >= 0.3 is 0 Å². The molecule has 0 aliphatic carbocycles. The van der Waals surface area contributed by atoms with Gasteiger partial charge < -0.3 is 4.74 Å².